The van der Waals surface area contributed by atoms with E-state index in [0.29, 0.717) is 19.5 Å². The summed E-state index contributed by atoms with van der Waals surface area (Å²) in [4.78, 5) is 58.2. The number of benzene rings is 1. The molecular formula is C39H65N3O6. The summed E-state index contributed by atoms with van der Waals surface area (Å²) < 4.78 is 11.9. The fourth-order valence-corrected chi connectivity index (χ4v) is 6.98. The predicted octanol–water partition coefficient (Wildman–Crippen LogP) is 5.93. The summed E-state index contributed by atoms with van der Waals surface area (Å²) in [6, 6.07) is 9.43. The van der Waals surface area contributed by atoms with Crippen molar-refractivity contribution in [3.63, 3.8) is 0 Å². The van der Waals surface area contributed by atoms with Crippen LogP contribution in [0.1, 0.15) is 99.5 Å². The van der Waals surface area contributed by atoms with Crippen molar-refractivity contribution in [1.82, 2.24) is 15.1 Å². The van der Waals surface area contributed by atoms with Crippen molar-refractivity contribution in [2.24, 2.45) is 29.1 Å². The smallest absolute Gasteiger partial charge is 0.226 e. The molecule has 1 aromatic rings. The molecule has 1 aliphatic rings. The Bertz CT molecular complexity index is 1170. The van der Waals surface area contributed by atoms with Gasteiger partial charge in [0.2, 0.25) is 17.7 Å². The molecule has 0 radical (unpaired) electrons. The van der Waals surface area contributed by atoms with E-state index in [1.807, 2.05) is 76.8 Å². The molecule has 0 saturated carbocycles. The number of nitrogens with zero attached hydrogens (tertiary/aromatic N) is 2. The maximum atomic E-state index is 14.1. The van der Waals surface area contributed by atoms with Crippen molar-refractivity contribution in [1.29, 1.82) is 0 Å². The molecule has 9 nitrogen and oxygen atoms in total. The van der Waals surface area contributed by atoms with Gasteiger partial charge >= 0.3 is 0 Å². The second-order valence-corrected chi connectivity index (χ2v) is 14.8. The van der Waals surface area contributed by atoms with Crippen LogP contribution in [0.5, 0.6) is 0 Å². The first-order chi connectivity index (χ1) is 22.6. The molecule has 0 aliphatic carbocycles. The Labute approximate surface area is 290 Å². The summed E-state index contributed by atoms with van der Waals surface area (Å²) in [5.41, 5.74) is 0.668. The highest BCUT2D eigenvalue weighted by molar-refractivity contribution is 5.90. The van der Waals surface area contributed by atoms with Gasteiger partial charge in [0.15, 0.2) is 0 Å². The van der Waals surface area contributed by atoms with Crippen LogP contribution in [-0.4, -0.2) is 92.0 Å². The van der Waals surface area contributed by atoms with E-state index in [2.05, 4.69) is 19.2 Å². The number of methoxy groups -OCH3 is 2. The zero-order chi connectivity index (χ0) is 36.2. The number of likely N-dealkylation sites (tertiary alicyclic amines) is 1. The number of carbonyl (C=O) groups is 4. The molecule has 0 bridgehead atoms. The number of nitrogens with one attached hydrogen (secondary N) is 1. The lowest BCUT2D eigenvalue weighted by Gasteiger charge is -2.41. The maximum Gasteiger partial charge on any atom is 0.226 e. The Balaban J connectivity index is 2.20. The third-order valence-corrected chi connectivity index (χ3v) is 11.0. The summed E-state index contributed by atoms with van der Waals surface area (Å²) in [5.74, 6) is -1.04. The first-order valence-electron chi connectivity index (χ1n) is 18.1. The van der Waals surface area contributed by atoms with Crippen LogP contribution in [0.15, 0.2) is 30.3 Å². The van der Waals surface area contributed by atoms with E-state index in [4.69, 9.17) is 9.47 Å². The molecule has 1 N–H and O–H groups in total. The normalized spacial score (nSPS) is 18.9. The molecule has 0 spiro atoms. The van der Waals surface area contributed by atoms with Crippen molar-refractivity contribution in [2.45, 2.75) is 125 Å². The number of hydrogen-bond donors (Lipinski definition) is 1. The number of carbonyl (C=O) groups excluding carboxylic acids is 4. The summed E-state index contributed by atoms with van der Waals surface area (Å²) in [6.07, 6.45) is 3.10. The summed E-state index contributed by atoms with van der Waals surface area (Å²) in [7, 11) is 4.99. The SMILES string of the molecule is CC[C@H](C)[C@@H]([C@@H](CC(=O)N1CCC[C@H]1[C@H](OC)[C@@H](C)C(=O)NCCc1ccccc1)OC)N(C)C(=O)[C@@H](CC(=O)C(C)(C)CC)C(C)C. The number of ether oxygens (including phenoxy) is 2. The number of rotatable bonds is 20. The van der Waals surface area contributed by atoms with Gasteiger partial charge in [0.25, 0.3) is 0 Å². The summed E-state index contributed by atoms with van der Waals surface area (Å²) in [6.45, 7) is 17.0. The maximum absolute atomic E-state index is 14.1. The predicted molar refractivity (Wildman–Crippen MR) is 191 cm³/mol. The minimum atomic E-state index is -0.544. The third-order valence-electron chi connectivity index (χ3n) is 11.0. The number of Topliss-reactive ketones (excluding diaryl/α,β-unsaturated/α-hetero) is 1. The molecule has 7 atom stereocenters. The van der Waals surface area contributed by atoms with Gasteiger partial charge in [0.1, 0.15) is 5.78 Å². The molecule has 2 rings (SSSR count). The van der Waals surface area contributed by atoms with Crippen LogP contribution in [0, 0.1) is 29.1 Å². The molecule has 0 aromatic heterocycles. The van der Waals surface area contributed by atoms with Crippen molar-refractivity contribution in [2.75, 3.05) is 34.4 Å². The van der Waals surface area contributed by atoms with Gasteiger partial charge < -0.3 is 24.6 Å². The van der Waals surface area contributed by atoms with Gasteiger partial charge in [-0.2, -0.15) is 0 Å². The molecule has 1 aromatic carbocycles. The number of amides is 3. The molecular weight excluding hydrogens is 606 g/mol. The van der Waals surface area contributed by atoms with Crippen molar-refractivity contribution in [3.8, 4) is 0 Å². The van der Waals surface area contributed by atoms with E-state index in [1.54, 1.807) is 26.2 Å². The van der Waals surface area contributed by atoms with Gasteiger partial charge in [0, 0.05) is 52.1 Å². The van der Waals surface area contributed by atoms with Crippen LogP contribution in [0.2, 0.25) is 0 Å². The first-order valence-corrected chi connectivity index (χ1v) is 18.1. The van der Waals surface area contributed by atoms with Crippen LogP contribution in [-0.2, 0) is 35.1 Å². The minimum Gasteiger partial charge on any atom is -0.379 e. The molecule has 3 amide bonds. The Morgan fingerprint density at radius 2 is 1.65 bits per heavy atom. The van der Waals surface area contributed by atoms with Crippen LogP contribution in [0.25, 0.3) is 0 Å². The van der Waals surface area contributed by atoms with Crippen molar-refractivity contribution >= 4 is 23.5 Å². The molecule has 48 heavy (non-hydrogen) atoms. The molecule has 272 valence electrons. The van der Waals surface area contributed by atoms with Gasteiger partial charge in [-0.05, 0) is 43.1 Å². The third kappa shape index (κ3) is 10.9. The monoisotopic (exact) mass is 671 g/mol. The summed E-state index contributed by atoms with van der Waals surface area (Å²) >= 11 is 0. The van der Waals surface area contributed by atoms with Gasteiger partial charge in [-0.15, -0.1) is 0 Å². The van der Waals surface area contributed by atoms with Gasteiger partial charge in [-0.3, -0.25) is 19.2 Å². The molecule has 9 heteroatoms. The Kier molecular flexibility index (Phi) is 16.7. The first kappa shape index (κ1) is 41.4. The van der Waals surface area contributed by atoms with Gasteiger partial charge in [-0.1, -0.05) is 92.1 Å². The fraction of sp³-hybridized carbons (Fsp3) is 0.744. The molecule has 1 fully saturated rings. The van der Waals surface area contributed by atoms with Crippen LogP contribution >= 0.6 is 0 Å². The van der Waals surface area contributed by atoms with Crippen LogP contribution < -0.4 is 5.32 Å². The lowest BCUT2D eigenvalue weighted by atomic mass is 9.78. The van der Waals surface area contributed by atoms with E-state index in [-0.39, 0.29) is 60.3 Å². The molecule has 0 unspecified atom stereocenters. The van der Waals surface area contributed by atoms with E-state index in [1.165, 1.54) is 0 Å². The molecule has 1 saturated heterocycles. The highest BCUT2D eigenvalue weighted by atomic mass is 16.5. The zero-order valence-corrected chi connectivity index (χ0v) is 31.7. The van der Waals surface area contributed by atoms with E-state index in [0.717, 1.165) is 31.2 Å². The molecule has 1 heterocycles. The van der Waals surface area contributed by atoms with Crippen LogP contribution in [0.3, 0.4) is 0 Å². The van der Waals surface area contributed by atoms with E-state index >= 15 is 0 Å². The van der Waals surface area contributed by atoms with Gasteiger partial charge in [-0.25, -0.2) is 0 Å². The Morgan fingerprint density at radius 3 is 2.19 bits per heavy atom. The summed E-state index contributed by atoms with van der Waals surface area (Å²) in [5, 5.41) is 3.05. The average molecular weight is 672 g/mol. The second-order valence-electron chi connectivity index (χ2n) is 14.8. The second kappa shape index (κ2) is 19.4. The lowest BCUT2D eigenvalue weighted by Crippen LogP contribution is -2.54. The minimum absolute atomic E-state index is 0.0226. The number of hydrogen-bond acceptors (Lipinski definition) is 6. The largest absolute Gasteiger partial charge is 0.379 e. The van der Waals surface area contributed by atoms with Gasteiger partial charge in [0.05, 0.1) is 36.6 Å². The fourth-order valence-electron chi connectivity index (χ4n) is 6.98. The molecule has 1 aliphatic heterocycles. The highest BCUT2D eigenvalue weighted by Crippen LogP contribution is 2.32. The van der Waals surface area contributed by atoms with Crippen molar-refractivity contribution < 1.29 is 28.7 Å². The average Bonchev–Trinajstić information content (AvgIpc) is 3.56. The van der Waals surface area contributed by atoms with Crippen LogP contribution in [0.4, 0.5) is 0 Å². The van der Waals surface area contributed by atoms with E-state index in [9.17, 15) is 19.2 Å². The highest BCUT2D eigenvalue weighted by Gasteiger charge is 2.43. The lowest BCUT2D eigenvalue weighted by molar-refractivity contribution is -0.149. The quantitative estimate of drug-likeness (QED) is 0.184. The zero-order valence-electron chi connectivity index (χ0n) is 31.7. The topological polar surface area (TPSA) is 105 Å². The Morgan fingerprint density at radius 1 is 1.00 bits per heavy atom. The van der Waals surface area contributed by atoms with E-state index < -0.39 is 29.5 Å². The number of ketones is 1. The standard InChI is InChI=1S/C39H65N3O6/c1-12-27(5)35(41(9)38(46)30(26(3)4)24-33(43)39(7,8)13-2)32(47-10)25-34(44)42-23-17-20-31(42)36(48-11)28(6)37(45)40-22-21-29-18-15-14-16-19-29/h14-16,18-19,26-28,30-32,35-36H,12-13,17,20-25H2,1-11H3,(H,40,45)/t27-,28+,30-,31-,32+,35-,36+/m0/s1. The van der Waals surface area contributed by atoms with Crippen molar-refractivity contribution in [3.05, 3.63) is 35.9 Å². The number of likely N-dealkylation sites (N-methyl/N-ethyl adjacent to an activating group) is 1. The Hall–Kier alpha value is -2.78.